The summed E-state index contributed by atoms with van der Waals surface area (Å²) in [5.74, 6) is 0.663. The first-order chi connectivity index (χ1) is 18.5. The first kappa shape index (κ1) is 34.8. The minimum Gasteiger partial charge on any atom is -0.508 e. The zero-order chi connectivity index (χ0) is 29.3. The smallest absolute Gasteiger partial charge is 0.305 e. The van der Waals surface area contributed by atoms with Crippen LogP contribution >= 0.6 is 0 Å². The minimum absolute atomic E-state index is 0.144. The van der Waals surface area contributed by atoms with Crippen molar-refractivity contribution >= 4 is 11.9 Å². The van der Waals surface area contributed by atoms with Crippen LogP contribution in [0.5, 0.6) is 11.5 Å². The molecule has 0 unspecified atom stereocenters. The standard InChI is InChI=1S/C33H56O6/c1-8-10-12-14-22-38-30(35)18-16-20-32(3,4)26-25-29(37-7)27(24-28(26)34)33(5,6)21-17-19-31(36)39-23-15-13-11-9-2/h24-25,34H,8-23H2,1-7H3. The predicted octanol–water partition coefficient (Wildman–Crippen LogP) is 8.54. The summed E-state index contributed by atoms with van der Waals surface area (Å²) in [7, 11) is 1.65. The average Bonchev–Trinajstić information content (AvgIpc) is 2.88. The molecule has 0 amide bonds. The molecule has 1 aromatic carbocycles. The van der Waals surface area contributed by atoms with Gasteiger partial charge in [-0.25, -0.2) is 0 Å². The third-order valence-corrected chi connectivity index (χ3v) is 7.66. The van der Waals surface area contributed by atoms with E-state index in [4.69, 9.17) is 14.2 Å². The van der Waals surface area contributed by atoms with E-state index in [9.17, 15) is 14.7 Å². The summed E-state index contributed by atoms with van der Waals surface area (Å²) in [6.07, 6.45) is 12.3. The molecule has 39 heavy (non-hydrogen) atoms. The van der Waals surface area contributed by atoms with Crippen LogP contribution in [0.15, 0.2) is 12.1 Å². The third-order valence-electron chi connectivity index (χ3n) is 7.66. The Morgan fingerprint density at radius 2 is 1.15 bits per heavy atom. The molecule has 0 aliphatic rings. The minimum atomic E-state index is -0.345. The van der Waals surface area contributed by atoms with E-state index in [0.717, 1.165) is 68.2 Å². The van der Waals surface area contributed by atoms with Gasteiger partial charge in [0.05, 0.1) is 20.3 Å². The molecule has 0 atom stereocenters. The zero-order valence-electron chi connectivity index (χ0n) is 26.0. The molecule has 0 aliphatic carbocycles. The SMILES string of the molecule is CCCCCCOC(=O)CCCC(C)(C)c1cc(OC)c(C(C)(C)CCCC(=O)OCCCCCC)cc1O. The Balaban J connectivity index is 2.70. The predicted molar refractivity (Wildman–Crippen MR) is 159 cm³/mol. The van der Waals surface area contributed by atoms with E-state index in [1.54, 1.807) is 7.11 Å². The molecule has 6 nitrogen and oxygen atoms in total. The molecule has 1 N–H and O–H groups in total. The number of rotatable bonds is 21. The Labute approximate surface area is 238 Å². The summed E-state index contributed by atoms with van der Waals surface area (Å²) >= 11 is 0. The number of hydrogen-bond acceptors (Lipinski definition) is 6. The second kappa shape index (κ2) is 18.2. The highest BCUT2D eigenvalue weighted by atomic mass is 16.5. The van der Waals surface area contributed by atoms with E-state index in [0.29, 0.717) is 38.9 Å². The van der Waals surface area contributed by atoms with Crippen molar-refractivity contribution in [3.63, 3.8) is 0 Å². The van der Waals surface area contributed by atoms with Gasteiger partial charge in [0.2, 0.25) is 0 Å². The highest BCUT2D eigenvalue weighted by molar-refractivity contribution is 5.69. The molecule has 0 fully saturated rings. The van der Waals surface area contributed by atoms with Crippen LogP contribution in [0.3, 0.4) is 0 Å². The van der Waals surface area contributed by atoms with Crippen molar-refractivity contribution in [3.05, 3.63) is 23.3 Å². The second-order valence-electron chi connectivity index (χ2n) is 12.1. The van der Waals surface area contributed by atoms with E-state index in [-0.39, 0.29) is 28.5 Å². The van der Waals surface area contributed by atoms with Gasteiger partial charge in [-0.05, 0) is 61.5 Å². The van der Waals surface area contributed by atoms with Gasteiger partial charge in [0.15, 0.2) is 0 Å². The van der Waals surface area contributed by atoms with Crippen LogP contribution in [0.2, 0.25) is 0 Å². The molecule has 0 bridgehead atoms. The van der Waals surface area contributed by atoms with E-state index >= 15 is 0 Å². The van der Waals surface area contributed by atoms with Gasteiger partial charge < -0.3 is 19.3 Å². The van der Waals surface area contributed by atoms with Gasteiger partial charge in [-0.15, -0.1) is 0 Å². The first-order valence-corrected chi connectivity index (χ1v) is 15.2. The summed E-state index contributed by atoms with van der Waals surface area (Å²) in [6.45, 7) is 13.7. The maximum atomic E-state index is 12.1. The Hall–Kier alpha value is -2.24. The molecule has 0 spiro atoms. The molecule has 0 heterocycles. The van der Waals surface area contributed by atoms with Crippen molar-refractivity contribution < 1.29 is 28.9 Å². The summed E-state index contributed by atoms with van der Waals surface area (Å²) in [4.78, 5) is 24.3. The van der Waals surface area contributed by atoms with Crippen LogP contribution in [0.25, 0.3) is 0 Å². The van der Waals surface area contributed by atoms with Gasteiger partial charge in [0.1, 0.15) is 11.5 Å². The summed E-state index contributed by atoms with van der Waals surface area (Å²) < 4.78 is 16.5. The maximum absolute atomic E-state index is 12.1. The topological polar surface area (TPSA) is 82.1 Å². The van der Waals surface area contributed by atoms with Crippen molar-refractivity contribution in [3.8, 4) is 11.5 Å². The first-order valence-electron chi connectivity index (χ1n) is 15.2. The zero-order valence-corrected chi connectivity index (χ0v) is 26.0. The fourth-order valence-electron chi connectivity index (χ4n) is 5.00. The second-order valence-corrected chi connectivity index (χ2v) is 12.1. The molecular weight excluding hydrogens is 492 g/mol. The van der Waals surface area contributed by atoms with Crippen molar-refractivity contribution in [2.45, 2.75) is 142 Å². The van der Waals surface area contributed by atoms with E-state index in [1.807, 2.05) is 12.1 Å². The van der Waals surface area contributed by atoms with Crippen LogP contribution in [-0.2, 0) is 29.9 Å². The normalized spacial score (nSPS) is 11.9. The number of phenolic OH excluding ortho intramolecular Hbond substituents is 1. The van der Waals surface area contributed by atoms with E-state index in [1.165, 1.54) is 12.8 Å². The Bertz CT molecular complexity index is 858. The molecule has 0 saturated heterocycles. The molecule has 224 valence electrons. The molecule has 0 aromatic heterocycles. The van der Waals surface area contributed by atoms with Gasteiger partial charge in [0, 0.05) is 24.0 Å². The lowest BCUT2D eigenvalue weighted by atomic mass is 9.75. The van der Waals surface area contributed by atoms with E-state index < -0.39 is 0 Å². The Morgan fingerprint density at radius 1 is 0.692 bits per heavy atom. The van der Waals surface area contributed by atoms with Crippen molar-refractivity contribution in [2.24, 2.45) is 0 Å². The van der Waals surface area contributed by atoms with Gasteiger partial charge >= 0.3 is 11.9 Å². The van der Waals surface area contributed by atoms with Gasteiger partial charge in [0.25, 0.3) is 0 Å². The highest BCUT2D eigenvalue weighted by Gasteiger charge is 2.30. The number of carbonyl (C=O) groups excluding carboxylic acids is 2. The highest BCUT2D eigenvalue weighted by Crippen LogP contribution is 2.44. The molecule has 6 heteroatoms. The number of esters is 2. The number of unbranched alkanes of at least 4 members (excludes halogenated alkanes) is 6. The van der Waals surface area contributed by atoms with E-state index in [2.05, 4.69) is 41.5 Å². The number of methoxy groups -OCH3 is 1. The number of ether oxygens (including phenoxy) is 3. The fourth-order valence-corrected chi connectivity index (χ4v) is 5.00. The number of phenols is 1. The van der Waals surface area contributed by atoms with Gasteiger partial charge in [-0.1, -0.05) is 80.1 Å². The lowest BCUT2D eigenvalue weighted by molar-refractivity contribution is -0.144. The maximum Gasteiger partial charge on any atom is 0.305 e. The van der Waals surface area contributed by atoms with Crippen molar-refractivity contribution in [1.82, 2.24) is 0 Å². The summed E-state index contributed by atoms with van der Waals surface area (Å²) in [5.41, 5.74) is 1.08. The number of hydrogen-bond donors (Lipinski definition) is 1. The molecule has 0 radical (unpaired) electrons. The number of benzene rings is 1. The quantitative estimate of drug-likeness (QED) is 0.122. The molecule has 1 aromatic rings. The van der Waals surface area contributed by atoms with Crippen LogP contribution < -0.4 is 4.74 Å². The summed E-state index contributed by atoms with van der Waals surface area (Å²) in [6, 6.07) is 3.75. The average molecular weight is 549 g/mol. The fraction of sp³-hybridized carbons (Fsp3) is 0.758. The molecule has 0 saturated carbocycles. The Kier molecular flexibility index (Phi) is 16.2. The van der Waals surface area contributed by atoms with Crippen LogP contribution in [0.4, 0.5) is 0 Å². The van der Waals surface area contributed by atoms with Gasteiger partial charge in [-0.3, -0.25) is 9.59 Å². The molecule has 0 aliphatic heterocycles. The largest absolute Gasteiger partial charge is 0.508 e. The monoisotopic (exact) mass is 548 g/mol. The Morgan fingerprint density at radius 3 is 1.59 bits per heavy atom. The lowest BCUT2D eigenvalue weighted by Gasteiger charge is -2.31. The lowest BCUT2D eigenvalue weighted by Crippen LogP contribution is -2.22. The summed E-state index contributed by atoms with van der Waals surface area (Å²) in [5, 5.41) is 11.1. The van der Waals surface area contributed by atoms with Crippen LogP contribution in [0, 0.1) is 0 Å². The number of aromatic hydroxyl groups is 1. The molecule has 1 rings (SSSR count). The van der Waals surface area contributed by atoms with Crippen molar-refractivity contribution in [2.75, 3.05) is 20.3 Å². The van der Waals surface area contributed by atoms with Crippen molar-refractivity contribution in [1.29, 1.82) is 0 Å². The van der Waals surface area contributed by atoms with Gasteiger partial charge in [-0.2, -0.15) is 0 Å². The molecular formula is C33H56O6. The third kappa shape index (κ3) is 13.1. The van der Waals surface area contributed by atoms with Crippen LogP contribution in [0.1, 0.15) is 143 Å². The number of carbonyl (C=O) groups is 2. The van der Waals surface area contributed by atoms with Crippen LogP contribution in [-0.4, -0.2) is 37.4 Å².